The molecular formula is C11H20N2O. The van der Waals surface area contributed by atoms with Gasteiger partial charge in [-0.2, -0.15) is 0 Å². The Balaban J connectivity index is 3.77. The Hall–Kier alpha value is -1.01. The number of carbonyl (C=O) groups is 1. The molecule has 0 unspecified atom stereocenters. The van der Waals surface area contributed by atoms with Crippen molar-refractivity contribution < 1.29 is 4.79 Å². The van der Waals surface area contributed by atoms with Crippen LogP contribution in [0.25, 0.3) is 0 Å². The number of hydrogen-bond donors (Lipinski definition) is 1. The van der Waals surface area contributed by atoms with Crippen molar-refractivity contribution in [3.05, 3.63) is 0 Å². The molecule has 0 aromatic carbocycles. The minimum Gasteiger partial charge on any atom is -0.344 e. The van der Waals surface area contributed by atoms with Gasteiger partial charge in [-0.15, -0.1) is 6.42 Å². The average Bonchev–Trinajstić information content (AvgIpc) is 2.15. The molecule has 3 nitrogen and oxygen atoms in total. The molecule has 0 aliphatic carbocycles. The van der Waals surface area contributed by atoms with Crippen molar-refractivity contribution >= 4 is 5.91 Å². The summed E-state index contributed by atoms with van der Waals surface area (Å²) in [6.07, 6.45) is 7.19. The van der Waals surface area contributed by atoms with Gasteiger partial charge in [0.15, 0.2) is 0 Å². The van der Waals surface area contributed by atoms with E-state index >= 15 is 0 Å². The zero-order valence-corrected chi connectivity index (χ0v) is 9.18. The van der Waals surface area contributed by atoms with Gasteiger partial charge >= 0.3 is 0 Å². The minimum absolute atomic E-state index is 0.0184. The van der Waals surface area contributed by atoms with Crippen molar-refractivity contribution in [2.24, 2.45) is 0 Å². The summed E-state index contributed by atoms with van der Waals surface area (Å²) >= 11 is 0. The number of amides is 1. The molecule has 0 atom stereocenters. The molecule has 1 N–H and O–H groups in total. The molecule has 0 saturated heterocycles. The van der Waals surface area contributed by atoms with E-state index in [1.165, 1.54) is 0 Å². The van der Waals surface area contributed by atoms with Crippen LogP contribution < -0.4 is 5.32 Å². The van der Waals surface area contributed by atoms with Crippen LogP contribution in [0.15, 0.2) is 0 Å². The molecule has 0 fully saturated rings. The highest BCUT2D eigenvalue weighted by Gasteiger charge is 2.07. The van der Waals surface area contributed by atoms with Gasteiger partial charge in [0, 0.05) is 0 Å². The molecule has 0 rings (SSSR count). The Morgan fingerprint density at radius 1 is 1.36 bits per heavy atom. The largest absolute Gasteiger partial charge is 0.344 e. The molecule has 0 radical (unpaired) electrons. The van der Waals surface area contributed by atoms with Crippen LogP contribution >= 0.6 is 0 Å². The average molecular weight is 196 g/mol. The fraction of sp³-hybridized carbons (Fsp3) is 0.727. The molecule has 0 bridgehead atoms. The van der Waals surface area contributed by atoms with Gasteiger partial charge in [-0.1, -0.05) is 19.8 Å². The van der Waals surface area contributed by atoms with Crippen LogP contribution in [0.4, 0.5) is 0 Å². The SMILES string of the molecule is C#CCNC(=O)CN(CCC)CCC. The van der Waals surface area contributed by atoms with Crippen molar-refractivity contribution in [1.29, 1.82) is 0 Å². The van der Waals surface area contributed by atoms with Crippen LogP contribution in [0.1, 0.15) is 26.7 Å². The maximum atomic E-state index is 11.3. The first-order valence-corrected chi connectivity index (χ1v) is 5.17. The summed E-state index contributed by atoms with van der Waals surface area (Å²) in [6.45, 7) is 6.95. The van der Waals surface area contributed by atoms with E-state index in [0.29, 0.717) is 13.1 Å². The summed E-state index contributed by atoms with van der Waals surface area (Å²) in [5.74, 6) is 2.40. The summed E-state index contributed by atoms with van der Waals surface area (Å²) in [5.41, 5.74) is 0. The van der Waals surface area contributed by atoms with Gasteiger partial charge in [0.05, 0.1) is 13.1 Å². The highest BCUT2D eigenvalue weighted by atomic mass is 16.2. The monoisotopic (exact) mass is 196 g/mol. The maximum absolute atomic E-state index is 11.3. The van der Waals surface area contributed by atoms with Crippen molar-refractivity contribution in [3.63, 3.8) is 0 Å². The van der Waals surface area contributed by atoms with E-state index in [9.17, 15) is 4.79 Å². The Kier molecular flexibility index (Phi) is 7.96. The molecule has 0 saturated carbocycles. The molecule has 0 spiro atoms. The Morgan fingerprint density at radius 3 is 2.36 bits per heavy atom. The van der Waals surface area contributed by atoms with Crippen molar-refractivity contribution in [2.45, 2.75) is 26.7 Å². The number of nitrogens with zero attached hydrogens (tertiary/aromatic N) is 1. The van der Waals surface area contributed by atoms with Gasteiger partial charge in [-0.25, -0.2) is 0 Å². The summed E-state index contributed by atoms with van der Waals surface area (Å²) in [6, 6.07) is 0. The number of hydrogen-bond acceptors (Lipinski definition) is 2. The van der Waals surface area contributed by atoms with Crippen molar-refractivity contribution in [1.82, 2.24) is 10.2 Å². The Bertz CT molecular complexity index is 190. The lowest BCUT2D eigenvalue weighted by Crippen LogP contribution is -2.38. The van der Waals surface area contributed by atoms with Gasteiger partial charge in [-0.3, -0.25) is 9.69 Å². The van der Waals surface area contributed by atoms with E-state index in [4.69, 9.17) is 6.42 Å². The normalized spacial score (nSPS) is 9.86. The molecule has 80 valence electrons. The molecule has 0 heterocycles. The van der Waals surface area contributed by atoms with Crippen molar-refractivity contribution in [2.75, 3.05) is 26.2 Å². The fourth-order valence-corrected chi connectivity index (χ4v) is 1.31. The lowest BCUT2D eigenvalue weighted by Gasteiger charge is -2.19. The fourth-order valence-electron chi connectivity index (χ4n) is 1.31. The molecule has 0 aromatic rings. The Morgan fingerprint density at radius 2 is 1.93 bits per heavy atom. The first-order valence-electron chi connectivity index (χ1n) is 5.17. The Labute approximate surface area is 86.9 Å². The van der Waals surface area contributed by atoms with E-state index < -0.39 is 0 Å². The van der Waals surface area contributed by atoms with E-state index in [1.54, 1.807) is 0 Å². The van der Waals surface area contributed by atoms with E-state index in [1.807, 2.05) is 0 Å². The molecule has 14 heavy (non-hydrogen) atoms. The number of terminal acetylenes is 1. The van der Waals surface area contributed by atoms with Crippen LogP contribution in [0, 0.1) is 12.3 Å². The standard InChI is InChI=1S/C11H20N2O/c1-4-7-12-11(14)10-13(8-5-2)9-6-3/h1H,5-10H2,2-3H3,(H,12,14). The highest BCUT2D eigenvalue weighted by molar-refractivity contribution is 5.78. The summed E-state index contributed by atoms with van der Waals surface area (Å²) in [4.78, 5) is 13.5. The van der Waals surface area contributed by atoms with Gasteiger partial charge in [0.2, 0.25) is 5.91 Å². The second kappa shape index (κ2) is 8.58. The van der Waals surface area contributed by atoms with Gasteiger partial charge in [0.1, 0.15) is 0 Å². The third kappa shape index (κ3) is 6.50. The minimum atomic E-state index is 0.0184. The van der Waals surface area contributed by atoms with Crippen LogP contribution in [0.5, 0.6) is 0 Å². The second-order valence-corrected chi connectivity index (χ2v) is 3.26. The van der Waals surface area contributed by atoms with Gasteiger partial charge in [-0.05, 0) is 25.9 Å². The molecular weight excluding hydrogens is 176 g/mol. The molecule has 0 aliphatic rings. The van der Waals surface area contributed by atoms with E-state index in [0.717, 1.165) is 25.9 Å². The first-order chi connectivity index (χ1) is 6.74. The lowest BCUT2D eigenvalue weighted by molar-refractivity contribution is -0.122. The van der Waals surface area contributed by atoms with Gasteiger partial charge in [0.25, 0.3) is 0 Å². The molecule has 0 aliphatic heterocycles. The zero-order chi connectivity index (χ0) is 10.8. The van der Waals surface area contributed by atoms with Gasteiger partial charge < -0.3 is 5.32 Å². The third-order valence-corrected chi connectivity index (χ3v) is 1.83. The highest BCUT2D eigenvalue weighted by Crippen LogP contribution is 1.93. The van der Waals surface area contributed by atoms with E-state index in [-0.39, 0.29) is 5.91 Å². The van der Waals surface area contributed by atoms with Crippen molar-refractivity contribution in [3.8, 4) is 12.3 Å². The predicted molar refractivity (Wildman–Crippen MR) is 58.9 cm³/mol. The van der Waals surface area contributed by atoms with Crippen LogP contribution in [0.3, 0.4) is 0 Å². The summed E-state index contributed by atoms with van der Waals surface area (Å²) in [7, 11) is 0. The lowest BCUT2D eigenvalue weighted by atomic mass is 10.3. The van der Waals surface area contributed by atoms with E-state index in [2.05, 4.69) is 30.0 Å². The third-order valence-electron chi connectivity index (χ3n) is 1.83. The molecule has 0 aromatic heterocycles. The molecule has 1 amide bonds. The summed E-state index contributed by atoms with van der Waals surface area (Å²) < 4.78 is 0. The van der Waals surface area contributed by atoms with Crippen LogP contribution in [-0.2, 0) is 4.79 Å². The maximum Gasteiger partial charge on any atom is 0.234 e. The number of carbonyl (C=O) groups excluding carboxylic acids is 1. The van der Waals surface area contributed by atoms with Crippen LogP contribution in [-0.4, -0.2) is 37.0 Å². The topological polar surface area (TPSA) is 32.3 Å². The summed E-state index contributed by atoms with van der Waals surface area (Å²) in [5, 5.41) is 2.66. The molecule has 3 heteroatoms. The second-order valence-electron chi connectivity index (χ2n) is 3.26. The predicted octanol–water partition coefficient (Wildman–Crippen LogP) is 0.858. The smallest absolute Gasteiger partial charge is 0.234 e. The number of nitrogens with one attached hydrogen (secondary N) is 1. The van der Waals surface area contributed by atoms with Crippen LogP contribution in [0.2, 0.25) is 0 Å². The number of rotatable bonds is 7. The zero-order valence-electron chi connectivity index (χ0n) is 9.18. The first kappa shape index (κ1) is 13.0. The quantitative estimate of drug-likeness (QED) is 0.612.